The molecule has 9 heteroatoms. The second kappa shape index (κ2) is 7.94. The predicted octanol–water partition coefficient (Wildman–Crippen LogP) is 0.277. The van der Waals surface area contributed by atoms with E-state index in [0.717, 1.165) is 12.1 Å². The zero-order valence-corrected chi connectivity index (χ0v) is 14.5. The van der Waals surface area contributed by atoms with Crippen LogP contribution < -0.4 is 10.9 Å². The van der Waals surface area contributed by atoms with Crippen LogP contribution in [0, 0.1) is 12.8 Å². The monoisotopic (exact) mass is 359 g/mol. The number of aromatic amines is 1. The van der Waals surface area contributed by atoms with Gasteiger partial charge in [0.25, 0.3) is 11.5 Å². The number of carbonyl (C=O) groups excluding carboxylic acids is 2. The molecule has 1 fully saturated rings. The first-order valence-electron chi connectivity index (χ1n) is 8.53. The van der Waals surface area contributed by atoms with E-state index in [9.17, 15) is 14.4 Å². The number of aryl methyl sites for hydroxylation is 2. The number of H-pyrrole nitrogens is 1. The lowest BCUT2D eigenvalue weighted by atomic mass is 10.1. The third-order valence-corrected chi connectivity index (χ3v) is 4.53. The van der Waals surface area contributed by atoms with E-state index in [-0.39, 0.29) is 23.1 Å². The number of rotatable bonds is 6. The smallest absolute Gasteiger partial charge is 0.293 e. The Morgan fingerprint density at radius 1 is 1.46 bits per heavy atom. The maximum atomic E-state index is 12.3. The maximum absolute atomic E-state index is 12.3. The molecule has 1 atom stereocenters. The largest absolute Gasteiger partial charge is 0.383 e. The molecule has 1 unspecified atom stereocenters. The summed E-state index contributed by atoms with van der Waals surface area (Å²) in [6.07, 6.45) is 4.94. The van der Waals surface area contributed by atoms with Gasteiger partial charge in [0.2, 0.25) is 5.91 Å². The lowest BCUT2D eigenvalue weighted by molar-refractivity contribution is -0.130. The SMILES string of the molecule is Cc1o[nH]c(=O)c1C(=O)NCC1CCN(C(=O)CCc2ccncn2)C1. The van der Waals surface area contributed by atoms with E-state index in [0.29, 0.717) is 32.5 Å². The zero-order valence-electron chi connectivity index (χ0n) is 14.5. The quantitative estimate of drug-likeness (QED) is 0.764. The molecule has 2 aromatic heterocycles. The molecule has 0 aliphatic carbocycles. The van der Waals surface area contributed by atoms with Gasteiger partial charge in [-0.05, 0) is 31.7 Å². The molecule has 2 amide bonds. The minimum Gasteiger partial charge on any atom is -0.383 e. The molecule has 2 N–H and O–H groups in total. The number of likely N-dealkylation sites (tertiary alicyclic amines) is 1. The van der Waals surface area contributed by atoms with Crippen molar-refractivity contribution in [3.05, 3.63) is 46.0 Å². The van der Waals surface area contributed by atoms with Gasteiger partial charge in [-0.15, -0.1) is 0 Å². The summed E-state index contributed by atoms with van der Waals surface area (Å²) in [7, 11) is 0. The molecular formula is C17H21N5O4. The molecule has 9 nitrogen and oxygen atoms in total. The number of amides is 2. The molecular weight excluding hydrogens is 338 g/mol. The Bertz CT molecular complexity index is 829. The van der Waals surface area contributed by atoms with E-state index >= 15 is 0 Å². The highest BCUT2D eigenvalue weighted by atomic mass is 16.5. The molecule has 1 aliphatic rings. The van der Waals surface area contributed by atoms with Crippen LogP contribution in [0.15, 0.2) is 27.9 Å². The number of carbonyl (C=O) groups is 2. The molecule has 138 valence electrons. The molecule has 0 radical (unpaired) electrons. The van der Waals surface area contributed by atoms with Gasteiger partial charge >= 0.3 is 0 Å². The summed E-state index contributed by atoms with van der Waals surface area (Å²) < 4.78 is 4.84. The van der Waals surface area contributed by atoms with Crippen molar-refractivity contribution in [1.29, 1.82) is 0 Å². The fraction of sp³-hybridized carbons (Fsp3) is 0.471. The minimum atomic E-state index is -0.534. The molecule has 2 aromatic rings. The first kappa shape index (κ1) is 17.8. The number of aromatic nitrogens is 3. The molecule has 0 saturated carbocycles. The van der Waals surface area contributed by atoms with Crippen LogP contribution in [0.3, 0.4) is 0 Å². The number of hydrogen-bond donors (Lipinski definition) is 2. The third kappa shape index (κ3) is 4.16. The Morgan fingerprint density at radius 3 is 3.00 bits per heavy atom. The average molecular weight is 359 g/mol. The van der Waals surface area contributed by atoms with Gasteiger partial charge in [0, 0.05) is 37.9 Å². The molecule has 3 rings (SSSR count). The first-order valence-corrected chi connectivity index (χ1v) is 8.53. The number of hydrogen-bond acceptors (Lipinski definition) is 6. The van der Waals surface area contributed by atoms with Crippen LogP contribution in [0.5, 0.6) is 0 Å². The van der Waals surface area contributed by atoms with Crippen molar-refractivity contribution in [2.75, 3.05) is 19.6 Å². The van der Waals surface area contributed by atoms with E-state index in [2.05, 4.69) is 20.4 Å². The van der Waals surface area contributed by atoms with Crippen molar-refractivity contribution in [2.45, 2.75) is 26.2 Å². The van der Waals surface area contributed by atoms with Gasteiger partial charge in [-0.2, -0.15) is 5.16 Å². The van der Waals surface area contributed by atoms with Crippen molar-refractivity contribution in [3.8, 4) is 0 Å². The summed E-state index contributed by atoms with van der Waals surface area (Å²) in [5, 5.41) is 4.89. The fourth-order valence-electron chi connectivity index (χ4n) is 3.06. The Kier molecular flexibility index (Phi) is 5.45. The fourth-order valence-corrected chi connectivity index (χ4v) is 3.06. The third-order valence-electron chi connectivity index (χ3n) is 4.53. The van der Waals surface area contributed by atoms with Crippen molar-refractivity contribution >= 4 is 11.8 Å². The number of nitrogens with one attached hydrogen (secondary N) is 2. The highest BCUT2D eigenvalue weighted by molar-refractivity contribution is 5.94. The van der Waals surface area contributed by atoms with Crippen LogP contribution in [0.4, 0.5) is 0 Å². The van der Waals surface area contributed by atoms with Gasteiger partial charge in [-0.3, -0.25) is 14.4 Å². The highest BCUT2D eigenvalue weighted by Gasteiger charge is 2.27. The Hall–Kier alpha value is -2.97. The van der Waals surface area contributed by atoms with E-state index < -0.39 is 11.5 Å². The second-order valence-electron chi connectivity index (χ2n) is 6.37. The Balaban J connectivity index is 1.44. The van der Waals surface area contributed by atoms with E-state index in [1.165, 1.54) is 6.33 Å². The van der Waals surface area contributed by atoms with E-state index in [1.54, 1.807) is 19.2 Å². The maximum Gasteiger partial charge on any atom is 0.293 e. The average Bonchev–Trinajstić information content (AvgIpc) is 3.25. The Labute approximate surface area is 149 Å². The summed E-state index contributed by atoms with van der Waals surface area (Å²) >= 11 is 0. The zero-order chi connectivity index (χ0) is 18.5. The minimum absolute atomic E-state index is 0.000723. The van der Waals surface area contributed by atoms with Crippen molar-refractivity contribution in [2.24, 2.45) is 5.92 Å². The summed E-state index contributed by atoms with van der Waals surface area (Å²) in [4.78, 5) is 45.7. The molecule has 1 saturated heterocycles. The summed E-state index contributed by atoms with van der Waals surface area (Å²) in [5.41, 5.74) is 0.311. The van der Waals surface area contributed by atoms with Gasteiger partial charge in [-0.1, -0.05) is 0 Å². The number of nitrogens with zero attached hydrogens (tertiary/aromatic N) is 3. The van der Waals surface area contributed by atoms with Crippen LogP contribution in [0.1, 0.15) is 34.7 Å². The van der Waals surface area contributed by atoms with Crippen LogP contribution >= 0.6 is 0 Å². The molecule has 0 spiro atoms. The standard InChI is InChI=1S/C17H21N5O4/c1-11-15(17(25)21-26-11)16(24)19-8-12-5-7-22(9-12)14(23)3-2-13-4-6-18-10-20-13/h4,6,10,12H,2-3,5,7-9H2,1H3,(H,19,24)(H,21,25). The van der Waals surface area contributed by atoms with Gasteiger partial charge in [0.1, 0.15) is 17.7 Å². The lowest BCUT2D eigenvalue weighted by Crippen LogP contribution is -2.34. The van der Waals surface area contributed by atoms with Crippen LogP contribution in [-0.4, -0.2) is 51.5 Å². The molecule has 0 aromatic carbocycles. The van der Waals surface area contributed by atoms with Gasteiger partial charge < -0.3 is 14.7 Å². The molecule has 1 aliphatic heterocycles. The topological polar surface area (TPSA) is 121 Å². The summed E-state index contributed by atoms with van der Waals surface area (Å²) in [6.45, 7) is 3.25. The van der Waals surface area contributed by atoms with Crippen LogP contribution in [-0.2, 0) is 11.2 Å². The van der Waals surface area contributed by atoms with Crippen molar-refractivity contribution < 1.29 is 14.1 Å². The van der Waals surface area contributed by atoms with Crippen LogP contribution in [0.2, 0.25) is 0 Å². The molecule has 0 bridgehead atoms. The predicted molar refractivity (Wildman–Crippen MR) is 91.4 cm³/mol. The van der Waals surface area contributed by atoms with Gasteiger partial charge in [0.15, 0.2) is 0 Å². The normalized spacial score (nSPS) is 16.7. The van der Waals surface area contributed by atoms with Gasteiger partial charge in [-0.25, -0.2) is 9.97 Å². The molecule has 3 heterocycles. The molecule has 26 heavy (non-hydrogen) atoms. The first-order chi connectivity index (χ1) is 12.5. The second-order valence-corrected chi connectivity index (χ2v) is 6.37. The van der Waals surface area contributed by atoms with Crippen molar-refractivity contribution in [3.63, 3.8) is 0 Å². The highest BCUT2D eigenvalue weighted by Crippen LogP contribution is 2.17. The summed E-state index contributed by atoms with van der Waals surface area (Å²) in [5.74, 6) is 0.0688. The van der Waals surface area contributed by atoms with Crippen LogP contribution in [0.25, 0.3) is 0 Å². The van der Waals surface area contributed by atoms with Gasteiger partial charge in [0.05, 0.1) is 0 Å². The van der Waals surface area contributed by atoms with E-state index in [4.69, 9.17) is 4.52 Å². The lowest BCUT2D eigenvalue weighted by Gasteiger charge is -2.16. The van der Waals surface area contributed by atoms with E-state index in [1.807, 2.05) is 4.90 Å². The Morgan fingerprint density at radius 2 is 2.31 bits per heavy atom. The van der Waals surface area contributed by atoms with Crippen molar-refractivity contribution in [1.82, 2.24) is 25.3 Å². The summed E-state index contributed by atoms with van der Waals surface area (Å²) in [6, 6.07) is 1.80.